The fourth-order valence-electron chi connectivity index (χ4n) is 2.02. The van der Waals surface area contributed by atoms with E-state index >= 15 is 0 Å². The number of nitrogens with one attached hydrogen (secondary N) is 1. The number of nitrogens with zero attached hydrogens (tertiary/aromatic N) is 2. The van der Waals surface area contributed by atoms with Gasteiger partial charge in [-0.15, -0.1) is 0 Å². The number of nitro groups is 1. The van der Waals surface area contributed by atoms with E-state index < -0.39 is 10.8 Å². The van der Waals surface area contributed by atoms with Crippen molar-refractivity contribution in [2.45, 2.75) is 0 Å². The van der Waals surface area contributed by atoms with Crippen LogP contribution in [0.3, 0.4) is 0 Å². The standard InChI is InChI=1S/C17H17N3O6/c1-24-15-7-6-12(8-16(15)25-2)10-18-26-11-17(21)19-13-4-3-5-14(9-13)20(22)23/h3-10H,11H2,1-2H3,(H,19,21)/b18-10-. The van der Waals surface area contributed by atoms with Crippen LogP contribution in [0.1, 0.15) is 5.56 Å². The van der Waals surface area contributed by atoms with Crippen LogP contribution in [0.5, 0.6) is 11.5 Å². The van der Waals surface area contributed by atoms with E-state index in [2.05, 4.69) is 10.5 Å². The fraction of sp³-hybridized carbons (Fsp3) is 0.176. The maximum Gasteiger partial charge on any atom is 0.271 e. The zero-order valence-electron chi connectivity index (χ0n) is 14.2. The Morgan fingerprint density at radius 2 is 1.96 bits per heavy atom. The molecule has 0 atom stereocenters. The van der Waals surface area contributed by atoms with E-state index in [1.165, 1.54) is 44.7 Å². The minimum atomic E-state index is -0.542. The van der Waals surface area contributed by atoms with Crippen molar-refractivity contribution in [1.82, 2.24) is 0 Å². The molecule has 0 radical (unpaired) electrons. The summed E-state index contributed by atoms with van der Waals surface area (Å²) in [5, 5.41) is 16.9. The van der Waals surface area contributed by atoms with Crippen LogP contribution in [0, 0.1) is 10.1 Å². The van der Waals surface area contributed by atoms with Crippen molar-refractivity contribution >= 4 is 23.5 Å². The molecule has 0 spiro atoms. The first-order valence-electron chi connectivity index (χ1n) is 7.45. The van der Waals surface area contributed by atoms with E-state index in [4.69, 9.17) is 14.3 Å². The summed E-state index contributed by atoms with van der Waals surface area (Å²) in [6.07, 6.45) is 1.42. The molecule has 0 saturated carbocycles. The molecular formula is C17H17N3O6. The third kappa shape index (κ3) is 5.20. The van der Waals surface area contributed by atoms with Gasteiger partial charge in [0.25, 0.3) is 11.6 Å². The zero-order valence-corrected chi connectivity index (χ0v) is 14.2. The van der Waals surface area contributed by atoms with Crippen LogP contribution in [0.15, 0.2) is 47.6 Å². The number of non-ortho nitro benzene ring substituents is 1. The lowest BCUT2D eigenvalue weighted by Gasteiger charge is -2.07. The van der Waals surface area contributed by atoms with Gasteiger partial charge in [-0.1, -0.05) is 11.2 Å². The number of hydrogen-bond acceptors (Lipinski definition) is 7. The number of nitro benzene ring substituents is 1. The van der Waals surface area contributed by atoms with E-state index in [1.807, 2.05) is 0 Å². The van der Waals surface area contributed by atoms with E-state index in [9.17, 15) is 14.9 Å². The number of anilines is 1. The normalized spacial score (nSPS) is 10.4. The first-order chi connectivity index (χ1) is 12.5. The van der Waals surface area contributed by atoms with Crippen molar-refractivity contribution in [2.24, 2.45) is 5.16 Å². The monoisotopic (exact) mass is 359 g/mol. The summed E-state index contributed by atoms with van der Waals surface area (Å²) >= 11 is 0. The number of methoxy groups -OCH3 is 2. The van der Waals surface area contributed by atoms with Gasteiger partial charge in [-0.25, -0.2) is 0 Å². The Labute approximate surface area is 149 Å². The molecule has 0 aliphatic carbocycles. The maximum atomic E-state index is 11.8. The van der Waals surface area contributed by atoms with Crippen LogP contribution in [0.2, 0.25) is 0 Å². The van der Waals surface area contributed by atoms with Gasteiger partial charge in [-0.3, -0.25) is 14.9 Å². The molecule has 2 aromatic carbocycles. The van der Waals surface area contributed by atoms with Gasteiger partial charge < -0.3 is 19.6 Å². The summed E-state index contributed by atoms with van der Waals surface area (Å²) in [4.78, 5) is 26.9. The molecule has 0 aliphatic rings. The number of ether oxygens (including phenoxy) is 2. The second-order valence-electron chi connectivity index (χ2n) is 4.98. The van der Waals surface area contributed by atoms with Gasteiger partial charge in [0, 0.05) is 23.4 Å². The molecular weight excluding hydrogens is 342 g/mol. The molecule has 26 heavy (non-hydrogen) atoms. The van der Waals surface area contributed by atoms with Crippen molar-refractivity contribution in [1.29, 1.82) is 0 Å². The average molecular weight is 359 g/mol. The SMILES string of the molecule is COc1ccc(/C=N\OCC(=O)Nc2cccc([N+](=O)[O-])c2)cc1OC. The molecule has 136 valence electrons. The molecule has 2 rings (SSSR count). The minimum Gasteiger partial charge on any atom is -0.493 e. The molecule has 0 aliphatic heterocycles. The number of carbonyl (C=O) groups excluding carboxylic acids is 1. The lowest BCUT2D eigenvalue weighted by Crippen LogP contribution is -2.17. The summed E-state index contributed by atoms with van der Waals surface area (Å²) in [6.45, 7) is -0.341. The quantitative estimate of drug-likeness (QED) is 0.440. The third-order valence-corrected chi connectivity index (χ3v) is 3.22. The number of rotatable bonds is 8. The number of amides is 1. The van der Waals surface area contributed by atoms with Crippen molar-refractivity contribution in [2.75, 3.05) is 26.1 Å². The molecule has 1 amide bonds. The Morgan fingerprint density at radius 3 is 2.65 bits per heavy atom. The van der Waals surface area contributed by atoms with E-state index in [0.29, 0.717) is 22.7 Å². The summed E-state index contributed by atoms with van der Waals surface area (Å²) in [6, 6.07) is 10.8. The second kappa shape index (κ2) is 9.02. The molecule has 0 bridgehead atoms. The van der Waals surface area contributed by atoms with Gasteiger partial charge in [0.05, 0.1) is 25.4 Å². The number of oxime groups is 1. The zero-order chi connectivity index (χ0) is 18.9. The van der Waals surface area contributed by atoms with Crippen LogP contribution in [-0.2, 0) is 9.63 Å². The topological polar surface area (TPSA) is 112 Å². The summed E-state index contributed by atoms with van der Waals surface area (Å²) in [5.74, 6) is 0.636. The molecule has 9 heteroatoms. The van der Waals surface area contributed by atoms with Crippen LogP contribution in [0.4, 0.5) is 11.4 Å². The number of carbonyl (C=O) groups is 1. The Morgan fingerprint density at radius 1 is 1.19 bits per heavy atom. The Hall–Kier alpha value is -3.62. The molecule has 1 N–H and O–H groups in total. The largest absolute Gasteiger partial charge is 0.493 e. The van der Waals surface area contributed by atoms with Crippen molar-refractivity contribution in [3.8, 4) is 11.5 Å². The van der Waals surface area contributed by atoms with Gasteiger partial charge >= 0.3 is 0 Å². The van der Waals surface area contributed by atoms with Gasteiger partial charge in [0.15, 0.2) is 18.1 Å². The smallest absolute Gasteiger partial charge is 0.271 e. The Bertz CT molecular complexity index is 822. The summed E-state index contributed by atoms with van der Waals surface area (Å²) in [7, 11) is 3.06. The van der Waals surface area contributed by atoms with Crippen LogP contribution < -0.4 is 14.8 Å². The first kappa shape index (κ1) is 18.7. The predicted molar refractivity (Wildman–Crippen MR) is 94.8 cm³/mol. The third-order valence-electron chi connectivity index (χ3n) is 3.22. The summed E-state index contributed by atoms with van der Waals surface area (Å²) in [5.41, 5.74) is 0.883. The highest BCUT2D eigenvalue weighted by atomic mass is 16.6. The van der Waals surface area contributed by atoms with Crippen LogP contribution in [-0.4, -0.2) is 37.9 Å². The fourth-order valence-corrected chi connectivity index (χ4v) is 2.02. The average Bonchev–Trinajstić information content (AvgIpc) is 2.65. The van der Waals surface area contributed by atoms with E-state index in [-0.39, 0.29) is 12.3 Å². The minimum absolute atomic E-state index is 0.116. The summed E-state index contributed by atoms with van der Waals surface area (Å²) < 4.78 is 10.3. The second-order valence-corrected chi connectivity index (χ2v) is 4.98. The highest BCUT2D eigenvalue weighted by Gasteiger charge is 2.08. The maximum absolute atomic E-state index is 11.8. The van der Waals surface area contributed by atoms with E-state index in [1.54, 1.807) is 18.2 Å². The van der Waals surface area contributed by atoms with Gasteiger partial charge in [-0.2, -0.15) is 0 Å². The molecule has 0 unspecified atom stereocenters. The van der Waals surface area contributed by atoms with Gasteiger partial charge in [-0.05, 0) is 24.3 Å². The number of hydrogen-bond donors (Lipinski definition) is 1. The molecule has 0 heterocycles. The lowest BCUT2D eigenvalue weighted by molar-refractivity contribution is -0.384. The van der Waals surface area contributed by atoms with Crippen molar-refractivity contribution in [3.63, 3.8) is 0 Å². The van der Waals surface area contributed by atoms with Crippen molar-refractivity contribution < 1.29 is 24.0 Å². The molecule has 0 saturated heterocycles. The van der Waals surface area contributed by atoms with Crippen LogP contribution in [0.25, 0.3) is 0 Å². The first-order valence-corrected chi connectivity index (χ1v) is 7.45. The predicted octanol–water partition coefficient (Wildman–Crippen LogP) is 2.60. The highest BCUT2D eigenvalue weighted by molar-refractivity contribution is 5.92. The highest BCUT2D eigenvalue weighted by Crippen LogP contribution is 2.26. The molecule has 0 aromatic heterocycles. The lowest BCUT2D eigenvalue weighted by atomic mass is 10.2. The molecule has 0 fully saturated rings. The van der Waals surface area contributed by atoms with Crippen LogP contribution >= 0.6 is 0 Å². The Balaban J connectivity index is 1.87. The Kier molecular flexibility index (Phi) is 6.49. The molecule has 2 aromatic rings. The van der Waals surface area contributed by atoms with Crippen molar-refractivity contribution in [3.05, 3.63) is 58.1 Å². The molecule has 9 nitrogen and oxygen atoms in total. The number of benzene rings is 2. The van der Waals surface area contributed by atoms with E-state index in [0.717, 1.165) is 0 Å². The van der Waals surface area contributed by atoms with Gasteiger partial charge in [0.2, 0.25) is 0 Å². The van der Waals surface area contributed by atoms with Gasteiger partial charge in [0.1, 0.15) is 0 Å².